The summed E-state index contributed by atoms with van der Waals surface area (Å²) in [6.45, 7) is 6.20. The lowest BCUT2D eigenvalue weighted by atomic mass is 10.1. The number of hydrogen-bond donors (Lipinski definition) is 2. The fourth-order valence-electron chi connectivity index (χ4n) is 2.37. The number of benzene rings is 1. The van der Waals surface area contributed by atoms with E-state index in [1.54, 1.807) is 0 Å². The second kappa shape index (κ2) is 6.06. The van der Waals surface area contributed by atoms with Crippen LogP contribution in [0.1, 0.15) is 19.5 Å². The van der Waals surface area contributed by atoms with Crippen LogP contribution in [0.25, 0.3) is 22.3 Å². The van der Waals surface area contributed by atoms with E-state index < -0.39 is 0 Å². The predicted molar refractivity (Wildman–Crippen MR) is 85.9 cm³/mol. The van der Waals surface area contributed by atoms with Crippen molar-refractivity contribution in [3.05, 3.63) is 48.4 Å². The maximum atomic E-state index is 4.48. The third-order valence-electron chi connectivity index (χ3n) is 3.39. The molecule has 0 radical (unpaired) electrons. The van der Waals surface area contributed by atoms with Gasteiger partial charge in [-0.15, -0.1) is 0 Å². The van der Waals surface area contributed by atoms with Crippen molar-refractivity contribution in [2.45, 2.75) is 20.4 Å². The van der Waals surface area contributed by atoms with E-state index in [0.29, 0.717) is 5.92 Å². The summed E-state index contributed by atoms with van der Waals surface area (Å²) >= 11 is 0. The number of nitrogens with zero attached hydrogens (tertiary/aromatic N) is 2. The van der Waals surface area contributed by atoms with Gasteiger partial charge in [-0.1, -0.05) is 38.1 Å². The van der Waals surface area contributed by atoms with Gasteiger partial charge in [0.15, 0.2) is 5.82 Å². The van der Waals surface area contributed by atoms with Gasteiger partial charge < -0.3 is 10.3 Å². The zero-order valence-electron chi connectivity index (χ0n) is 12.4. The van der Waals surface area contributed by atoms with Crippen molar-refractivity contribution >= 4 is 10.8 Å². The fourth-order valence-corrected chi connectivity index (χ4v) is 2.37. The third kappa shape index (κ3) is 3.11. The molecule has 4 heteroatoms. The maximum absolute atomic E-state index is 4.48. The van der Waals surface area contributed by atoms with E-state index in [4.69, 9.17) is 0 Å². The second-order valence-corrected chi connectivity index (χ2v) is 5.66. The Kier molecular flexibility index (Phi) is 3.97. The summed E-state index contributed by atoms with van der Waals surface area (Å²) in [6, 6.07) is 10.3. The van der Waals surface area contributed by atoms with Crippen LogP contribution in [0.3, 0.4) is 0 Å². The first kappa shape index (κ1) is 13.8. The number of rotatable bonds is 5. The van der Waals surface area contributed by atoms with Gasteiger partial charge in [0, 0.05) is 23.8 Å². The molecule has 2 aromatic heterocycles. The highest BCUT2D eigenvalue weighted by Gasteiger charge is 2.08. The van der Waals surface area contributed by atoms with Crippen LogP contribution in [0.4, 0.5) is 0 Å². The first-order chi connectivity index (χ1) is 10.2. The molecule has 108 valence electrons. The first-order valence-electron chi connectivity index (χ1n) is 7.33. The largest absolute Gasteiger partial charge is 0.339 e. The normalized spacial score (nSPS) is 11.4. The SMILES string of the molecule is CC(C)CNCc1cnc(-c2nccc3ccccc23)[nH]1. The van der Waals surface area contributed by atoms with Crippen LogP contribution in [-0.2, 0) is 6.54 Å². The molecule has 4 nitrogen and oxygen atoms in total. The Hall–Kier alpha value is -2.20. The van der Waals surface area contributed by atoms with Crippen LogP contribution in [0.5, 0.6) is 0 Å². The Morgan fingerprint density at radius 3 is 2.86 bits per heavy atom. The van der Waals surface area contributed by atoms with Gasteiger partial charge in [-0.05, 0) is 23.9 Å². The number of fused-ring (bicyclic) bond motifs is 1. The zero-order chi connectivity index (χ0) is 14.7. The highest BCUT2D eigenvalue weighted by molar-refractivity contribution is 5.92. The van der Waals surface area contributed by atoms with Gasteiger partial charge in [0.05, 0.1) is 6.20 Å². The quantitative estimate of drug-likeness (QED) is 0.753. The molecule has 0 aliphatic heterocycles. The van der Waals surface area contributed by atoms with E-state index in [-0.39, 0.29) is 0 Å². The molecular formula is C17H20N4. The first-order valence-corrected chi connectivity index (χ1v) is 7.33. The summed E-state index contributed by atoms with van der Waals surface area (Å²) in [5.74, 6) is 1.47. The molecule has 1 aromatic carbocycles. The standard InChI is InChI=1S/C17H20N4/c1-12(2)9-18-10-14-11-20-17(21-14)16-15-6-4-3-5-13(15)7-8-19-16/h3-8,11-12,18H,9-10H2,1-2H3,(H,20,21). The lowest BCUT2D eigenvalue weighted by Gasteiger charge is -2.05. The molecule has 0 fully saturated rings. The van der Waals surface area contributed by atoms with Crippen molar-refractivity contribution in [2.75, 3.05) is 6.54 Å². The third-order valence-corrected chi connectivity index (χ3v) is 3.39. The minimum atomic E-state index is 0.645. The number of pyridine rings is 1. The number of hydrogen-bond acceptors (Lipinski definition) is 3. The highest BCUT2D eigenvalue weighted by Crippen LogP contribution is 2.23. The molecule has 3 aromatic rings. The topological polar surface area (TPSA) is 53.6 Å². The average Bonchev–Trinajstić information content (AvgIpc) is 2.95. The molecule has 0 aliphatic carbocycles. The molecule has 0 saturated carbocycles. The number of H-pyrrole nitrogens is 1. The van der Waals surface area contributed by atoms with E-state index in [0.717, 1.165) is 35.7 Å². The smallest absolute Gasteiger partial charge is 0.156 e. The Bertz CT molecular complexity index is 725. The van der Waals surface area contributed by atoms with E-state index >= 15 is 0 Å². The zero-order valence-corrected chi connectivity index (χ0v) is 12.4. The Morgan fingerprint density at radius 1 is 1.14 bits per heavy atom. The van der Waals surface area contributed by atoms with Gasteiger partial charge in [-0.25, -0.2) is 4.98 Å². The van der Waals surface area contributed by atoms with Crippen LogP contribution >= 0.6 is 0 Å². The Morgan fingerprint density at radius 2 is 2.00 bits per heavy atom. The van der Waals surface area contributed by atoms with Crippen molar-refractivity contribution in [3.8, 4) is 11.5 Å². The molecule has 0 amide bonds. The van der Waals surface area contributed by atoms with Crippen molar-refractivity contribution < 1.29 is 0 Å². The average molecular weight is 280 g/mol. The summed E-state index contributed by atoms with van der Waals surface area (Å²) in [5.41, 5.74) is 1.99. The second-order valence-electron chi connectivity index (χ2n) is 5.66. The molecule has 0 saturated heterocycles. The fraction of sp³-hybridized carbons (Fsp3) is 0.294. The van der Waals surface area contributed by atoms with E-state index in [2.05, 4.69) is 46.2 Å². The van der Waals surface area contributed by atoms with Crippen LogP contribution in [0, 0.1) is 5.92 Å². The molecule has 21 heavy (non-hydrogen) atoms. The van der Waals surface area contributed by atoms with Crippen LogP contribution in [0.2, 0.25) is 0 Å². The molecule has 0 aliphatic rings. The minimum Gasteiger partial charge on any atom is -0.339 e. The summed E-state index contributed by atoms with van der Waals surface area (Å²) in [4.78, 5) is 12.3. The molecule has 0 unspecified atom stereocenters. The monoisotopic (exact) mass is 280 g/mol. The van der Waals surface area contributed by atoms with Gasteiger partial charge in [-0.2, -0.15) is 0 Å². The van der Waals surface area contributed by atoms with Gasteiger partial charge in [-0.3, -0.25) is 4.98 Å². The predicted octanol–water partition coefficient (Wildman–Crippen LogP) is 3.37. The summed E-state index contributed by atoms with van der Waals surface area (Å²) in [7, 11) is 0. The van der Waals surface area contributed by atoms with E-state index in [1.165, 1.54) is 5.39 Å². The Labute approximate surface area is 124 Å². The molecule has 3 rings (SSSR count). The summed E-state index contributed by atoms with van der Waals surface area (Å²) in [5, 5.41) is 5.71. The lowest BCUT2D eigenvalue weighted by Crippen LogP contribution is -2.19. The van der Waals surface area contributed by atoms with Gasteiger partial charge in [0.1, 0.15) is 5.69 Å². The summed E-state index contributed by atoms with van der Waals surface area (Å²) < 4.78 is 0. The van der Waals surface area contributed by atoms with E-state index in [1.807, 2.05) is 30.6 Å². The van der Waals surface area contributed by atoms with Crippen LogP contribution < -0.4 is 5.32 Å². The molecule has 0 atom stereocenters. The van der Waals surface area contributed by atoms with Crippen molar-refractivity contribution in [2.24, 2.45) is 5.92 Å². The lowest BCUT2D eigenvalue weighted by molar-refractivity contribution is 0.549. The number of aromatic nitrogens is 3. The van der Waals surface area contributed by atoms with Crippen LogP contribution in [0.15, 0.2) is 42.7 Å². The van der Waals surface area contributed by atoms with Crippen molar-refractivity contribution in [1.82, 2.24) is 20.3 Å². The number of nitrogens with one attached hydrogen (secondary N) is 2. The molecule has 0 spiro atoms. The molecule has 0 bridgehead atoms. The van der Waals surface area contributed by atoms with Gasteiger partial charge >= 0.3 is 0 Å². The number of aromatic amines is 1. The number of imidazole rings is 1. The Balaban J connectivity index is 1.85. The molecule has 2 N–H and O–H groups in total. The maximum Gasteiger partial charge on any atom is 0.156 e. The van der Waals surface area contributed by atoms with Crippen LogP contribution in [-0.4, -0.2) is 21.5 Å². The van der Waals surface area contributed by atoms with Gasteiger partial charge in [0.2, 0.25) is 0 Å². The van der Waals surface area contributed by atoms with Gasteiger partial charge in [0.25, 0.3) is 0 Å². The molecule has 2 heterocycles. The van der Waals surface area contributed by atoms with E-state index in [9.17, 15) is 0 Å². The minimum absolute atomic E-state index is 0.645. The van der Waals surface area contributed by atoms with Crippen molar-refractivity contribution in [1.29, 1.82) is 0 Å². The summed E-state index contributed by atoms with van der Waals surface area (Å²) in [6.07, 6.45) is 3.71. The highest BCUT2D eigenvalue weighted by atomic mass is 15.0. The van der Waals surface area contributed by atoms with Crippen molar-refractivity contribution in [3.63, 3.8) is 0 Å². The molecular weight excluding hydrogens is 260 g/mol.